The van der Waals surface area contributed by atoms with Crippen LogP contribution in [0.1, 0.15) is 5.56 Å². The fraction of sp³-hybridized carbons (Fsp3) is 0. The van der Waals surface area contributed by atoms with Gasteiger partial charge in [-0.25, -0.2) is 0 Å². The van der Waals surface area contributed by atoms with Gasteiger partial charge in [0.25, 0.3) is 0 Å². The number of carbonyl (C=O) groups is 1. The van der Waals surface area contributed by atoms with E-state index < -0.39 is 5.91 Å². The van der Waals surface area contributed by atoms with Crippen LogP contribution in [0.15, 0.2) is 54.6 Å². The molecule has 2 nitrogen and oxygen atoms in total. The van der Waals surface area contributed by atoms with Gasteiger partial charge in [0.2, 0.25) is 5.91 Å². The molecule has 2 aromatic carbocycles. The molecule has 0 fully saturated rings. The lowest BCUT2D eigenvalue weighted by atomic mass is 10.0. The fourth-order valence-electron chi connectivity index (χ4n) is 1.64. The summed E-state index contributed by atoms with van der Waals surface area (Å²) in [6.45, 7) is 0. The number of rotatable bonds is 3. The summed E-state index contributed by atoms with van der Waals surface area (Å²) < 4.78 is 0. The fourth-order valence-corrected chi connectivity index (χ4v) is 1.77. The van der Waals surface area contributed by atoms with Gasteiger partial charge >= 0.3 is 0 Å². The van der Waals surface area contributed by atoms with E-state index in [0.717, 1.165) is 16.7 Å². The molecule has 0 aliphatic rings. The molecule has 3 heteroatoms. The number of primary amides is 1. The third-order valence-electron chi connectivity index (χ3n) is 2.50. The van der Waals surface area contributed by atoms with Crippen molar-refractivity contribution in [3.05, 3.63) is 65.2 Å². The van der Waals surface area contributed by atoms with Crippen LogP contribution < -0.4 is 5.73 Å². The van der Waals surface area contributed by atoms with Crippen LogP contribution in [0.4, 0.5) is 0 Å². The SMILES string of the molecule is NC(=O)C=Cc1cccc(-c2ccc(Cl)cc2)c1. The molecule has 18 heavy (non-hydrogen) atoms. The van der Waals surface area contributed by atoms with Crippen molar-refractivity contribution in [1.29, 1.82) is 0 Å². The van der Waals surface area contributed by atoms with Gasteiger partial charge in [-0.15, -0.1) is 0 Å². The van der Waals surface area contributed by atoms with Gasteiger partial charge in [-0.1, -0.05) is 41.9 Å². The molecule has 0 saturated carbocycles. The van der Waals surface area contributed by atoms with Crippen molar-refractivity contribution in [2.75, 3.05) is 0 Å². The average Bonchev–Trinajstić information content (AvgIpc) is 2.37. The first-order valence-corrected chi connectivity index (χ1v) is 5.86. The molecular formula is C15H12ClNO. The Morgan fingerprint density at radius 2 is 1.78 bits per heavy atom. The van der Waals surface area contributed by atoms with Gasteiger partial charge in [-0.3, -0.25) is 4.79 Å². The van der Waals surface area contributed by atoms with Gasteiger partial charge in [0.1, 0.15) is 0 Å². The highest BCUT2D eigenvalue weighted by Crippen LogP contribution is 2.22. The van der Waals surface area contributed by atoms with Crippen molar-refractivity contribution in [2.45, 2.75) is 0 Å². The molecule has 0 spiro atoms. The number of nitrogens with two attached hydrogens (primary N) is 1. The lowest BCUT2D eigenvalue weighted by Crippen LogP contribution is -2.05. The van der Waals surface area contributed by atoms with E-state index in [-0.39, 0.29) is 0 Å². The zero-order chi connectivity index (χ0) is 13.0. The Bertz CT molecular complexity index is 588. The lowest BCUT2D eigenvalue weighted by molar-refractivity contribution is -0.113. The first-order valence-electron chi connectivity index (χ1n) is 5.49. The summed E-state index contributed by atoms with van der Waals surface area (Å²) in [6, 6.07) is 15.5. The Hall–Kier alpha value is -2.06. The summed E-state index contributed by atoms with van der Waals surface area (Å²) in [5, 5.41) is 0.712. The highest BCUT2D eigenvalue weighted by Gasteiger charge is 1.98. The first kappa shape index (κ1) is 12.4. The number of hydrogen-bond acceptors (Lipinski definition) is 1. The minimum Gasteiger partial charge on any atom is -0.366 e. The highest BCUT2D eigenvalue weighted by atomic mass is 35.5. The molecule has 0 saturated heterocycles. The molecule has 2 rings (SSSR count). The van der Waals surface area contributed by atoms with Gasteiger partial charge in [0, 0.05) is 11.1 Å². The van der Waals surface area contributed by atoms with E-state index in [0.29, 0.717) is 5.02 Å². The highest BCUT2D eigenvalue weighted by molar-refractivity contribution is 6.30. The van der Waals surface area contributed by atoms with Crippen LogP contribution in [0.25, 0.3) is 17.2 Å². The molecule has 0 aliphatic heterocycles. The van der Waals surface area contributed by atoms with Crippen molar-refractivity contribution in [3.8, 4) is 11.1 Å². The average molecular weight is 258 g/mol. The third-order valence-corrected chi connectivity index (χ3v) is 2.76. The number of amides is 1. The maximum Gasteiger partial charge on any atom is 0.241 e. The topological polar surface area (TPSA) is 43.1 Å². The van der Waals surface area contributed by atoms with Gasteiger partial charge in [-0.05, 0) is 41.0 Å². The Labute approximate surface area is 111 Å². The van der Waals surface area contributed by atoms with E-state index in [4.69, 9.17) is 17.3 Å². The maximum atomic E-state index is 10.7. The number of carbonyl (C=O) groups excluding carboxylic acids is 1. The molecule has 2 aromatic rings. The largest absolute Gasteiger partial charge is 0.366 e. The van der Waals surface area contributed by atoms with E-state index in [1.807, 2.05) is 48.5 Å². The van der Waals surface area contributed by atoms with E-state index in [1.165, 1.54) is 6.08 Å². The maximum absolute atomic E-state index is 10.7. The minimum absolute atomic E-state index is 0.452. The summed E-state index contributed by atoms with van der Waals surface area (Å²) in [4.78, 5) is 10.7. The number of benzene rings is 2. The van der Waals surface area contributed by atoms with Gasteiger partial charge in [0.15, 0.2) is 0 Å². The third kappa shape index (κ3) is 3.22. The Morgan fingerprint density at radius 1 is 1.06 bits per heavy atom. The Balaban J connectivity index is 2.32. The number of halogens is 1. The summed E-state index contributed by atoms with van der Waals surface area (Å²) in [5.41, 5.74) is 8.14. The van der Waals surface area contributed by atoms with Crippen LogP contribution >= 0.6 is 11.6 Å². The van der Waals surface area contributed by atoms with Crippen molar-refractivity contribution < 1.29 is 4.79 Å². The molecule has 0 heterocycles. The van der Waals surface area contributed by atoms with E-state index in [1.54, 1.807) is 6.08 Å². The quantitative estimate of drug-likeness (QED) is 0.840. The lowest BCUT2D eigenvalue weighted by Gasteiger charge is -2.03. The molecular weight excluding hydrogens is 246 g/mol. The van der Waals surface area contributed by atoms with Crippen molar-refractivity contribution in [3.63, 3.8) is 0 Å². The number of hydrogen-bond donors (Lipinski definition) is 1. The molecule has 0 atom stereocenters. The monoisotopic (exact) mass is 257 g/mol. The van der Waals surface area contributed by atoms with E-state index >= 15 is 0 Å². The van der Waals surface area contributed by atoms with Gasteiger partial charge in [-0.2, -0.15) is 0 Å². The molecule has 90 valence electrons. The van der Waals surface area contributed by atoms with Crippen molar-refractivity contribution in [1.82, 2.24) is 0 Å². The van der Waals surface area contributed by atoms with Crippen LogP contribution in [0.5, 0.6) is 0 Å². The van der Waals surface area contributed by atoms with E-state index in [9.17, 15) is 4.79 Å². The second-order valence-electron chi connectivity index (χ2n) is 3.87. The zero-order valence-electron chi connectivity index (χ0n) is 9.64. The second kappa shape index (κ2) is 5.52. The van der Waals surface area contributed by atoms with Crippen molar-refractivity contribution in [2.24, 2.45) is 5.73 Å². The predicted molar refractivity (Wildman–Crippen MR) is 75.1 cm³/mol. The van der Waals surface area contributed by atoms with Crippen LogP contribution in [0, 0.1) is 0 Å². The molecule has 0 radical (unpaired) electrons. The minimum atomic E-state index is -0.452. The smallest absolute Gasteiger partial charge is 0.241 e. The summed E-state index contributed by atoms with van der Waals surface area (Å²) in [6.07, 6.45) is 3.04. The van der Waals surface area contributed by atoms with Gasteiger partial charge in [0.05, 0.1) is 0 Å². The van der Waals surface area contributed by atoms with Crippen LogP contribution in [-0.4, -0.2) is 5.91 Å². The Kier molecular flexibility index (Phi) is 3.80. The van der Waals surface area contributed by atoms with Crippen LogP contribution in [-0.2, 0) is 4.79 Å². The normalized spacial score (nSPS) is 10.7. The summed E-state index contributed by atoms with van der Waals surface area (Å²) in [5.74, 6) is -0.452. The first-order chi connectivity index (χ1) is 8.65. The summed E-state index contributed by atoms with van der Waals surface area (Å²) in [7, 11) is 0. The molecule has 1 amide bonds. The summed E-state index contributed by atoms with van der Waals surface area (Å²) >= 11 is 5.85. The molecule has 0 bridgehead atoms. The molecule has 0 aromatic heterocycles. The standard InChI is InChI=1S/C15H12ClNO/c16-14-7-5-12(6-8-14)13-3-1-2-11(10-13)4-9-15(17)18/h1-10H,(H2,17,18). The molecule has 2 N–H and O–H groups in total. The molecule has 0 unspecified atom stereocenters. The van der Waals surface area contributed by atoms with Crippen LogP contribution in [0.2, 0.25) is 5.02 Å². The zero-order valence-corrected chi connectivity index (χ0v) is 10.4. The molecule has 0 aliphatic carbocycles. The Morgan fingerprint density at radius 3 is 2.44 bits per heavy atom. The predicted octanol–water partition coefficient (Wildman–Crippen LogP) is 3.51. The second-order valence-corrected chi connectivity index (χ2v) is 4.30. The van der Waals surface area contributed by atoms with Gasteiger partial charge < -0.3 is 5.73 Å². The van der Waals surface area contributed by atoms with Crippen molar-refractivity contribution >= 4 is 23.6 Å². The van der Waals surface area contributed by atoms with Crippen LogP contribution in [0.3, 0.4) is 0 Å². The van der Waals surface area contributed by atoms with E-state index in [2.05, 4.69) is 0 Å².